The number of Topliss-reactive ketones (excluding diaryl/α,β-unsaturated/α-hetero) is 1. The fourth-order valence-corrected chi connectivity index (χ4v) is 3.34. The van der Waals surface area contributed by atoms with E-state index in [1.54, 1.807) is 30.3 Å². The molecule has 0 saturated heterocycles. The van der Waals surface area contributed by atoms with Gasteiger partial charge in [0, 0.05) is 28.9 Å². The number of carbonyl (C=O) groups is 2. The van der Waals surface area contributed by atoms with Gasteiger partial charge in [0.25, 0.3) is 0 Å². The molecule has 0 atom stereocenters. The summed E-state index contributed by atoms with van der Waals surface area (Å²) in [6.45, 7) is 1.50. The summed E-state index contributed by atoms with van der Waals surface area (Å²) in [4.78, 5) is 23.4. The second-order valence-corrected chi connectivity index (χ2v) is 7.22. The van der Waals surface area contributed by atoms with Crippen LogP contribution in [0.4, 0.5) is 5.69 Å². The SMILES string of the molecule is CC(=O)c1ccc(NC(=O)CSc2nnc(-c3cccc(Cl)c3)n2C)cc1. The monoisotopic (exact) mass is 400 g/mol. The van der Waals surface area contributed by atoms with Crippen molar-refractivity contribution in [3.05, 3.63) is 59.1 Å². The Balaban J connectivity index is 1.61. The quantitative estimate of drug-likeness (QED) is 0.498. The highest BCUT2D eigenvalue weighted by Crippen LogP contribution is 2.24. The van der Waals surface area contributed by atoms with Gasteiger partial charge in [-0.1, -0.05) is 35.5 Å². The summed E-state index contributed by atoms with van der Waals surface area (Å²) >= 11 is 7.32. The van der Waals surface area contributed by atoms with Crippen molar-refractivity contribution in [2.24, 2.45) is 7.05 Å². The van der Waals surface area contributed by atoms with Crippen molar-refractivity contribution >= 4 is 40.7 Å². The van der Waals surface area contributed by atoms with Crippen LogP contribution in [0.25, 0.3) is 11.4 Å². The number of anilines is 1. The number of benzene rings is 2. The lowest BCUT2D eigenvalue weighted by Crippen LogP contribution is -2.14. The van der Waals surface area contributed by atoms with E-state index in [0.29, 0.717) is 27.3 Å². The van der Waals surface area contributed by atoms with Crippen molar-refractivity contribution in [3.8, 4) is 11.4 Å². The van der Waals surface area contributed by atoms with E-state index in [9.17, 15) is 9.59 Å². The molecule has 6 nitrogen and oxygen atoms in total. The van der Waals surface area contributed by atoms with Crippen LogP contribution in [0, 0.1) is 0 Å². The van der Waals surface area contributed by atoms with E-state index >= 15 is 0 Å². The maximum absolute atomic E-state index is 12.2. The van der Waals surface area contributed by atoms with Gasteiger partial charge in [-0.25, -0.2) is 0 Å². The number of rotatable bonds is 6. The number of ketones is 1. The Morgan fingerprint density at radius 1 is 1.15 bits per heavy atom. The molecule has 0 saturated carbocycles. The summed E-state index contributed by atoms with van der Waals surface area (Å²) in [6.07, 6.45) is 0. The van der Waals surface area contributed by atoms with Gasteiger partial charge in [-0.3, -0.25) is 9.59 Å². The van der Waals surface area contributed by atoms with Crippen LogP contribution in [-0.2, 0) is 11.8 Å². The van der Waals surface area contributed by atoms with Gasteiger partial charge in [-0.15, -0.1) is 10.2 Å². The molecule has 1 aromatic heterocycles. The molecule has 0 aliphatic heterocycles. The number of aromatic nitrogens is 3. The van der Waals surface area contributed by atoms with Crippen LogP contribution in [0.3, 0.4) is 0 Å². The standard InChI is InChI=1S/C19H17ClN4O2S/c1-12(25)13-6-8-16(9-7-13)21-17(26)11-27-19-23-22-18(24(19)2)14-4-3-5-15(20)10-14/h3-10H,11H2,1-2H3,(H,21,26). The first-order valence-corrected chi connectivity index (χ1v) is 9.49. The fourth-order valence-electron chi connectivity index (χ4n) is 2.43. The smallest absolute Gasteiger partial charge is 0.234 e. The third-order valence-corrected chi connectivity index (χ3v) is 5.08. The minimum atomic E-state index is -0.164. The van der Waals surface area contributed by atoms with Gasteiger partial charge in [0.05, 0.1) is 5.75 Å². The normalized spacial score (nSPS) is 10.6. The molecule has 0 radical (unpaired) electrons. The van der Waals surface area contributed by atoms with Crippen LogP contribution in [-0.4, -0.2) is 32.2 Å². The molecule has 0 aliphatic rings. The predicted molar refractivity (Wildman–Crippen MR) is 107 cm³/mol. The molecular weight excluding hydrogens is 384 g/mol. The van der Waals surface area contributed by atoms with Gasteiger partial charge in [0.15, 0.2) is 16.8 Å². The summed E-state index contributed by atoms with van der Waals surface area (Å²) in [5.74, 6) is 0.694. The second-order valence-electron chi connectivity index (χ2n) is 5.85. The first kappa shape index (κ1) is 19.1. The Bertz CT molecular complexity index is 986. The van der Waals surface area contributed by atoms with Crippen molar-refractivity contribution in [2.75, 3.05) is 11.1 Å². The molecule has 0 unspecified atom stereocenters. The van der Waals surface area contributed by atoms with Crippen LogP contribution in [0.2, 0.25) is 5.02 Å². The summed E-state index contributed by atoms with van der Waals surface area (Å²) in [5.41, 5.74) is 2.11. The largest absolute Gasteiger partial charge is 0.325 e. The number of amides is 1. The summed E-state index contributed by atoms with van der Waals surface area (Å²) in [6, 6.07) is 14.2. The molecule has 8 heteroatoms. The second kappa shape index (κ2) is 8.37. The molecule has 138 valence electrons. The molecule has 0 fully saturated rings. The van der Waals surface area contributed by atoms with Crippen molar-refractivity contribution in [3.63, 3.8) is 0 Å². The number of halogens is 1. The van der Waals surface area contributed by atoms with E-state index in [0.717, 1.165) is 5.56 Å². The molecule has 0 bridgehead atoms. The van der Waals surface area contributed by atoms with Crippen LogP contribution in [0.15, 0.2) is 53.7 Å². The highest BCUT2D eigenvalue weighted by molar-refractivity contribution is 7.99. The number of nitrogens with zero attached hydrogens (tertiary/aromatic N) is 3. The third kappa shape index (κ3) is 4.75. The Labute approximate surface area is 165 Å². The molecule has 0 spiro atoms. The first-order valence-electron chi connectivity index (χ1n) is 8.13. The lowest BCUT2D eigenvalue weighted by atomic mass is 10.1. The maximum Gasteiger partial charge on any atom is 0.234 e. The molecule has 2 aromatic carbocycles. The van der Waals surface area contributed by atoms with Gasteiger partial charge >= 0.3 is 0 Å². The molecule has 3 aromatic rings. The zero-order valence-electron chi connectivity index (χ0n) is 14.8. The van der Waals surface area contributed by atoms with E-state index in [2.05, 4.69) is 15.5 Å². The topological polar surface area (TPSA) is 76.9 Å². The minimum Gasteiger partial charge on any atom is -0.325 e. The van der Waals surface area contributed by atoms with Crippen molar-refractivity contribution in [1.29, 1.82) is 0 Å². The number of nitrogens with one attached hydrogen (secondary N) is 1. The Morgan fingerprint density at radius 2 is 1.89 bits per heavy atom. The van der Waals surface area contributed by atoms with E-state index in [4.69, 9.17) is 11.6 Å². The highest BCUT2D eigenvalue weighted by Gasteiger charge is 2.13. The molecule has 1 heterocycles. The Hall–Kier alpha value is -2.64. The van der Waals surface area contributed by atoms with Crippen molar-refractivity contribution < 1.29 is 9.59 Å². The van der Waals surface area contributed by atoms with Crippen molar-refractivity contribution in [2.45, 2.75) is 12.1 Å². The lowest BCUT2D eigenvalue weighted by molar-refractivity contribution is -0.113. The van der Waals surface area contributed by atoms with Gasteiger partial charge in [-0.2, -0.15) is 0 Å². The predicted octanol–water partition coefficient (Wildman–Crippen LogP) is 4.07. The highest BCUT2D eigenvalue weighted by atomic mass is 35.5. The molecule has 0 aliphatic carbocycles. The van der Waals surface area contributed by atoms with Crippen molar-refractivity contribution in [1.82, 2.24) is 14.8 Å². The molecule has 1 amide bonds. The average molecular weight is 401 g/mol. The van der Waals surface area contributed by atoms with E-state index in [-0.39, 0.29) is 17.4 Å². The van der Waals surface area contributed by atoms with E-state index < -0.39 is 0 Å². The number of hydrogen-bond acceptors (Lipinski definition) is 5. The number of hydrogen-bond donors (Lipinski definition) is 1. The molecule has 27 heavy (non-hydrogen) atoms. The maximum atomic E-state index is 12.2. The molecule has 3 rings (SSSR count). The summed E-state index contributed by atoms with van der Waals surface area (Å²) in [5, 5.41) is 12.4. The van der Waals surface area contributed by atoms with Gasteiger partial charge in [0.2, 0.25) is 5.91 Å². The van der Waals surface area contributed by atoms with E-state index in [1.807, 2.05) is 29.8 Å². The lowest BCUT2D eigenvalue weighted by Gasteiger charge is -2.06. The van der Waals surface area contributed by atoms with Crippen LogP contribution in [0.5, 0.6) is 0 Å². The number of thioether (sulfide) groups is 1. The van der Waals surface area contributed by atoms with Gasteiger partial charge in [-0.05, 0) is 43.3 Å². The van der Waals surface area contributed by atoms with E-state index in [1.165, 1.54) is 18.7 Å². The zero-order chi connectivity index (χ0) is 19.4. The van der Waals surface area contributed by atoms with Crippen LogP contribution < -0.4 is 5.32 Å². The Morgan fingerprint density at radius 3 is 2.56 bits per heavy atom. The van der Waals surface area contributed by atoms with Crippen LogP contribution in [0.1, 0.15) is 17.3 Å². The molecule has 1 N–H and O–H groups in total. The average Bonchev–Trinajstić information content (AvgIpc) is 3.01. The molecular formula is C19H17ClN4O2S. The first-order chi connectivity index (χ1) is 12.9. The summed E-state index contributed by atoms with van der Waals surface area (Å²) in [7, 11) is 1.84. The van der Waals surface area contributed by atoms with Gasteiger partial charge in [0.1, 0.15) is 0 Å². The van der Waals surface area contributed by atoms with Crippen LogP contribution >= 0.6 is 23.4 Å². The minimum absolute atomic E-state index is 0.0128. The Kier molecular flexibility index (Phi) is 5.93. The zero-order valence-corrected chi connectivity index (χ0v) is 16.3. The number of carbonyl (C=O) groups excluding carboxylic acids is 2. The third-order valence-electron chi connectivity index (χ3n) is 3.83. The fraction of sp³-hybridized carbons (Fsp3) is 0.158. The van der Waals surface area contributed by atoms with Gasteiger partial charge < -0.3 is 9.88 Å². The summed E-state index contributed by atoms with van der Waals surface area (Å²) < 4.78 is 1.82.